The number of amides is 2. The second-order valence-corrected chi connectivity index (χ2v) is 11.6. The average Bonchev–Trinajstić information content (AvgIpc) is 3.39. The van der Waals surface area contributed by atoms with Crippen molar-refractivity contribution in [3.63, 3.8) is 0 Å². The number of aryl methyl sites for hydroxylation is 1. The number of nitrogens with one attached hydrogen (secondary N) is 1. The predicted molar refractivity (Wildman–Crippen MR) is 171 cm³/mol. The normalized spacial score (nSPS) is 13.6. The van der Waals surface area contributed by atoms with Crippen molar-refractivity contribution in [1.29, 1.82) is 0 Å². The van der Waals surface area contributed by atoms with Crippen molar-refractivity contribution in [2.45, 2.75) is 83.3 Å². The molecule has 1 aliphatic carbocycles. The van der Waals surface area contributed by atoms with E-state index in [0.717, 1.165) is 66.7 Å². The van der Waals surface area contributed by atoms with Gasteiger partial charge in [0, 0.05) is 25.6 Å². The molecule has 4 aromatic rings. The Balaban J connectivity index is 1.17. The zero-order valence-corrected chi connectivity index (χ0v) is 25.3. The zero-order chi connectivity index (χ0) is 29.9. The smallest absolute Gasteiger partial charge is 0.243 e. The lowest BCUT2D eigenvalue weighted by Crippen LogP contribution is -2.42. The lowest BCUT2D eigenvalue weighted by molar-refractivity contribution is -0.135. The number of imidazole rings is 1. The topological polar surface area (TPSA) is 76.5 Å². The summed E-state index contributed by atoms with van der Waals surface area (Å²) in [4.78, 5) is 33.4. The Labute approximate surface area is 255 Å². The third kappa shape index (κ3) is 8.46. The van der Waals surface area contributed by atoms with E-state index in [0.29, 0.717) is 32.1 Å². The SMILES string of the molecule is COc1ccc(CC(=O)NCCCCCc2nc3ccccc3n2CC(=O)N(Cc2ccccc2)C2CCCCC2)cc1. The number of methoxy groups -OCH3 is 1. The number of para-hydroxylation sites is 2. The van der Waals surface area contributed by atoms with Crippen LogP contribution < -0.4 is 10.1 Å². The molecule has 0 saturated heterocycles. The molecule has 0 spiro atoms. The van der Waals surface area contributed by atoms with Gasteiger partial charge in [-0.1, -0.05) is 80.3 Å². The number of hydrogen-bond donors (Lipinski definition) is 1. The fourth-order valence-electron chi connectivity index (χ4n) is 6.12. The molecule has 7 heteroatoms. The van der Waals surface area contributed by atoms with Gasteiger partial charge in [-0.2, -0.15) is 0 Å². The van der Waals surface area contributed by atoms with Gasteiger partial charge in [0.2, 0.25) is 11.8 Å². The molecule has 43 heavy (non-hydrogen) atoms. The highest BCUT2D eigenvalue weighted by Gasteiger charge is 2.27. The minimum Gasteiger partial charge on any atom is -0.497 e. The number of benzene rings is 3. The summed E-state index contributed by atoms with van der Waals surface area (Å²) in [7, 11) is 1.63. The monoisotopic (exact) mass is 580 g/mol. The lowest BCUT2D eigenvalue weighted by Gasteiger charge is -2.35. The first-order chi connectivity index (χ1) is 21.1. The number of unbranched alkanes of at least 4 members (excludes halogenated alkanes) is 2. The van der Waals surface area contributed by atoms with Crippen molar-refractivity contribution >= 4 is 22.8 Å². The Morgan fingerprint density at radius 3 is 2.40 bits per heavy atom. The molecule has 1 N–H and O–H groups in total. The number of nitrogens with zero attached hydrogens (tertiary/aromatic N) is 3. The Bertz CT molecular complexity index is 1460. The lowest BCUT2D eigenvalue weighted by atomic mass is 9.93. The van der Waals surface area contributed by atoms with Crippen LogP contribution in [0.4, 0.5) is 0 Å². The second kappa shape index (κ2) is 15.4. The average molecular weight is 581 g/mol. The summed E-state index contributed by atoms with van der Waals surface area (Å²) >= 11 is 0. The van der Waals surface area contributed by atoms with E-state index in [-0.39, 0.29) is 11.8 Å². The maximum Gasteiger partial charge on any atom is 0.243 e. The highest BCUT2D eigenvalue weighted by molar-refractivity contribution is 5.81. The number of fused-ring (bicyclic) bond motifs is 1. The van der Waals surface area contributed by atoms with Gasteiger partial charge < -0.3 is 19.5 Å². The van der Waals surface area contributed by atoms with Crippen LogP contribution in [0.3, 0.4) is 0 Å². The van der Waals surface area contributed by atoms with Gasteiger partial charge >= 0.3 is 0 Å². The second-order valence-electron chi connectivity index (χ2n) is 11.6. The summed E-state index contributed by atoms with van der Waals surface area (Å²) in [6.07, 6.45) is 9.76. The molecule has 226 valence electrons. The third-order valence-electron chi connectivity index (χ3n) is 8.48. The zero-order valence-electron chi connectivity index (χ0n) is 25.3. The number of carbonyl (C=O) groups excluding carboxylic acids is 2. The van der Waals surface area contributed by atoms with E-state index in [1.807, 2.05) is 60.7 Å². The van der Waals surface area contributed by atoms with Gasteiger partial charge in [-0.25, -0.2) is 4.98 Å². The molecule has 1 aromatic heterocycles. The number of ether oxygens (including phenoxy) is 1. The largest absolute Gasteiger partial charge is 0.497 e. The fourth-order valence-corrected chi connectivity index (χ4v) is 6.12. The summed E-state index contributed by atoms with van der Waals surface area (Å²) in [5.74, 6) is 1.94. The minimum absolute atomic E-state index is 0.0310. The molecule has 1 heterocycles. The first-order valence-corrected chi connectivity index (χ1v) is 15.8. The molecule has 0 bridgehead atoms. The first kappa shape index (κ1) is 30.3. The van der Waals surface area contributed by atoms with Gasteiger partial charge in [0.1, 0.15) is 18.1 Å². The quantitative estimate of drug-likeness (QED) is 0.173. The summed E-state index contributed by atoms with van der Waals surface area (Å²) < 4.78 is 7.32. The Morgan fingerprint density at radius 2 is 1.63 bits per heavy atom. The number of carbonyl (C=O) groups is 2. The molecule has 7 nitrogen and oxygen atoms in total. The van der Waals surface area contributed by atoms with Crippen LogP contribution in [0.15, 0.2) is 78.9 Å². The van der Waals surface area contributed by atoms with Crippen molar-refractivity contribution in [3.8, 4) is 5.75 Å². The van der Waals surface area contributed by atoms with Crippen LogP contribution in [-0.2, 0) is 35.5 Å². The first-order valence-electron chi connectivity index (χ1n) is 15.8. The molecule has 0 aliphatic heterocycles. The van der Waals surface area contributed by atoms with Crippen LogP contribution in [0, 0.1) is 0 Å². The molecule has 3 aromatic carbocycles. The summed E-state index contributed by atoms with van der Waals surface area (Å²) in [5, 5.41) is 3.04. The van der Waals surface area contributed by atoms with E-state index in [2.05, 4.69) is 33.0 Å². The van der Waals surface area contributed by atoms with Gasteiger partial charge in [-0.05, 0) is 61.1 Å². The third-order valence-corrected chi connectivity index (χ3v) is 8.48. The molecule has 0 radical (unpaired) electrons. The molecule has 0 unspecified atom stereocenters. The van der Waals surface area contributed by atoms with Crippen LogP contribution >= 0.6 is 0 Å². The van der Waals surface area contributed by atoms with Gasteiger partial charge in [-0.15, -0.1) is 0 Å². The predicted octanol–water partition coefficient (Wildman–Crippen LogP) is 6.48. The molecule has 1 fully saturated rings. The van der Waals surface area contributed by atoms with Gasteiger partial charge in [-0.3, -0.25) is 9.59 Å². The maximum absolute atomic E-state index is 14.0. The summed E-state index contributed by atoms with van der Waals surface area (Å²) in [6.45, 7) is 1.61. The molecule has 1 aliphatic rings. The van der Waals surface area contributed by atoms with Crippen molar-refractivity contribution in [2.75, 3.05) is 13.7 Å². The molecular weight excluding hydrogens is 536 g/mol. The fraction of sp³-hybridized carbons (Fsp3) is 0.417. The van der Waals surface area contributed by atoms with E-state index in [9.17, 15) is 9.59 Å². The number of hydrogen-bond acceptors (Lipinski definition) is 4. The van der Waals surface area contributed by atoms with E-state index in [1.54, 1.807) is 7.11 Å². The van der Waals surface area contributed by atoms with Crippen LogP contribution in [0.5, 0.6) is 5.75 Å². The van der Waals surface area contributed by atoms with Crippen LogP contribution in [0.25, 0.3) is 11.0 Å². The van der Waals surface area contributed by atoms with Crippen LogP contribution in [-0.4, -0.2) is 46.0 Å². The summed E-state index contributed by atoms with van der Waals surface area (Å²) in [5.41, 5.74) is 4.09. The number of rotatable bonds is 14. The molecule has 2 amide bonds. The maximum atomic E-state index is 14.0. The molecule has 5 rings (SSSR count). The highest BCUT2D eigenvalue weighted by atomic mass is 16.5. The molecular formula is C36H44N4O3. The van der Waals surface area contributed by atoms with Gasteiger partial charge in [0.25, 0.3) is 0 Å². The van der Waals surface area contributed by atoms with E-state index < -0.39 is 0 Å². The number of aromatic nitrogens is 2. The van der Waals surface area contributed by atoms with Crippen molar-refractivity contribution < 1.29 is 14.3 Å². The van der Waals surface area contributed by atoms with Gasteiger partial charge in [0.05, 0.1) is 24.6 Å². The highest BCUT2D eigenvalue weighted by Crippen LogP contribution is 2.26. The van der Waals surface area contributed by atoms with E-state index >= 15 is 0 Å². The van der Waals surface area contributed by atoms with Crippen LogP contribution in [0.1, 0.15) is 68.3 Å². The van der Waals surface area contributed by atoms with Gasteiger partial charge in [0.15, 0.2) is 0 Å². The molecule has 0 atom stereocenters. The van der Waals surface area contributed by atoms with E-state index in [4.69, 9.17) is 9.72 Å². The van der Waals surface area contributed by atoms with E-state index in [1.165, 1.54) is 24.8 Å². The van der Waals surface area contributed by atoms with Crippen LogP contribution in [0.2, 0.25) is 0 Å². The Kier molecular flexibility index (Phi) is 10.8. The van der Waals surface area contributed by atoms with Crippen molar-refractivity contribution in [3.05, 3.63) is 95.8 Å². The Hall–Kier alpha value is -4.13. The standard InChI is InChI=1S/C36H44N4O3/c1-43-31-22-20-28(21-23-31)25-35(41)37-24-12-4-9-19-34-38-32-17-10-11-18-33(32)40(34)27-36(42)39(30-15-7-3-8-16-30)26-29-13-5-2-6-14-29/h2,5-6,10-11,13-14,17-18,20-23,30H,3-4,7-9,12,15-16,19,24-27H2,1H3,(H,37,41). The van der Waals surface area contributed by atoms with Crippen molar-refractivity contribution in [1.82, 2.24) is 19.8 Å². The summed E-state index contributed by atoms with van der Waals surface area (Å²) in [6, 6.07) is 26.4. The minimum atomic E-state index is 0.0310. The molecule has 1 saturated carbocycles. The Morgan fingerprint density at radius 1 is 0.884 bits per heavy atom. The van der Waals surface area contributed by atoms with Crippen molar-refractivity contribution in [2.24, 2.45) is 0 Å².